The first-order valence-corrected chi connectivity index (χ1v) is 15.5. The van der Waals surface area contributed by atoms with Crippen molar-refractivity contribution in [3.63, 3.8) is 0 Å². The molecule has 6 heteroatoms. The van der Waals surface area contributed by atoms with Crippen molar-refractivity contribution in [2.24, 2.45) is 0 Å². The molecule has 196 valence electrons. The number of halogens is 1. The topological polar surface area (TPSA) is 43.4 Å². The average Bonchev–Trinajstić information content (AvgIpc) is 2.78. The Hall–Kier alpha value is 1.48. The molecular formula is C27H56FKO3S. The Bertz CT molecular complexity index is 480. The molecule has 0 amide bonds. The number of hydrogen-bond donors (Lipinski definition) is 0. The van der Waals surface area contributed by atoms with Crippen molar-refractivity contribution >= 4 is 10.1 Å². The molecule has 1 unspecified atom stereocenters. The van der Waals surface area contributed by atoms with Crippen molar-refractivity contribution in [2.75, 3.05) is 6.61 Å². The Labute approximate surface area is 251 Å². The van der Waals surface area contributed by atoms with E-state index < -0.39 is 15.6 Å². The second-order valence-electron chi connectivity index (χ2n) is 9.58. The molecule has 0 aliphatic carbocycles. The zero-order valence-electron chi connectivity index (χ0n) is 23.6. The molecule has 0 aromatic carbocycles. The van der Waals surface area contributed by atoms with Crippen LogP contribution in [0.1, 0.15) is 163 Å². The average molecular weight is 519 g/mol. The second-order valence-corrected chi connectivity index (χ2v) is 11.3. The van der Waals surface area contributed by atoms with E-state index in [1.54, 1.807) is 0 Å². The molecule has 0 N–H and O–H groups in total. The van der Waals surface area contributed by atoms with Crippen LogP contribution in [0.3, 0.4) is 0 Å². The molecule has 0 spiro atoms. The minimum atomic E-state index is -4.05. The van der Waals surface area contributed by atoms with E-state index in [0.29, 0.717) is 12.8 Å². The molecule has 33 heavy (non-hydrogen) atoms. The van der Waals surface area contributed by atoms with Gasteiger partial charge >= 0.3 is 51.4 Å². The number of hydrogen-bond acceptors (Lipinski definition) is 3. The first-order valence-electron chi connectivity index (χ1n) is 14.1. The van der Waals surface area contributed by atoms with Gasteiger partial charge in [0, 0.05) is 0 Å². The molecule has 0 saturated heterocycles. The standard InChI is InChI=1S/C27H55FO3S.K.H/c1-3-5-7-9-11-13-14-15-16-17-18-20-22-24-26-31-32(29,30)27(28)25-23-21-19-12-10-8-6-4-2;;/h27H,3-26H2,1-2H3;;/q;+1;-1. The van der Waals surface area contributed by atoms with Crippen LogP contribution < -0.4 is 51.4 Å². The molecular weight excluding hydrogens is 462 g/mol. The van der Waals surface area contributed by atoms with Gasteiger partial charge in [0.25, 0.3) is 10.1 Å². The van der Waals surface area contributed by atoms with Crippen LogP contribution in [-0.2, 0) is 14.3 Å². The molecule has 0 radical (unpaired) electrons. The van der Waals surface area contributed by atoms with E-state index in [9.17, 15) is 12.8 Å². The molecule has 0 fully saturated rings. The van der Waals surface area contributed by atoms with Crippen molar-refractivity contribution in [1.82, 2.24) is 0 Å². The second kappa shape index (κ2) is 28.1. The normalized spacial score (nSPS) is 12.6. The third-order valence-corrected chi connectivity index (χ3v) is 7.70. The van der Waals surface area contributed by atoms with Gasteiger partial charge in [0.1, 0.15) is 0 Å². The smallest absolute Gasteiger partial charge is 1.00 e. The summed E-state index contributed by atoms with van der Waals surface area (Å²) in [6, 6.07) is 0. The fourth-order valence-corrected chi connectivity index (χ4v) is 5.08. The fourth-order valence-electron chi connectivity index (χ4n) is 4.13. The summed E-state index contributed by atoms with van der Waals surface area (Å²) in [6.07, 6.45) is 26.3. The Balaban J connectivity index is -0.00000480. The molecule has 0 heterocycles. The van der Waals surface area contributed by atoms with E-state index >= 15 is 0 Å². The van der Waals surface area contributed by atoms with E-state index in [1.807, 2.05) is 0 Å². The maximum absolute atomic E-state index is 14.0. The van der Waals surface area contributed by atoms with Gasteiger partial charge in [0.15, 0.2) is 0 Å². The largest absolute Gasteiger partial charge is 1.00 e. The summed E-state index contributed by atoms with van der Waals surface area (Å²) < 4.78 is 42.8. The van der Waals surface area contributed by atoms with Crippen LogP contribution in [0.15, 0.2) is 0 Å². The van der Waals surface area contributed by atoms with Crippen molar-refractivity contribution in [1.29, 1.82) is 0 Å². The van der Waals surface area contributed by atoms with E-state index in [-0.39, 0.29) is 65.8 Å². The van der Waals surface area contributed by atoms with Gasteiger partial charge in [-0.05, 0) is 19.3 Å². The summed E-state index contributed by atoms with van der Waals surface area (Å²) in [5, 5.41) is 0. The van der Waals surface area contributed by atoms with Gasteiger partial charge in [0.2, 0.25) is 5.50 Å². The molecule has 3 nitrogen and oxygen atoms in total. The predicted molar refractivity (Wildman–Crippen MR) is 138 cm³/mol. The van der Waals surface area contributed by atoms with Crippen molar-refractivity contribution in [3.05, 3.63) is 0 Å². The Kier molecular flexibility index (Phi) is 31.1. The number of rotatable bonds is 26. The van der Waals surface area contributed by atoms with Crippen LogP contribution in [0.2, 0.25) is 0 Å². The molecule has 0 aliphatic heterocycles. The quantitative estimate of drug-likeness (QED) is 0.0722. The molecule has 0 aromatic heterocycles. The van der Waals surface area contributed by atoms with E-state index in [0.717, 1.165) is 25.7 Å². The summed E-state index contributed by atoms with van der Waals surface area (Å²) in [5.41, 5.74) is -1.87. The minimum absolute atomic E-state index is 0. The summed E-state index contributed by atoms with van der Waals surface area (Å²) in [5.74, 6) is 0. The molecule has 0 aliphatic rings. The van der Waals surface area contributed by atoms with Crippen molar-refractivity contribution in [3.8, 4) is 0 Å². The van der Waals surface area contributed by atoms with Gasteiger partial charge in [-0.3, -0.25) is 4.18 Å². The maximum Gasteiger partial charge on any atom is 1.00 e. The van der Waals surface area contributed by atoms with Gasteiger partial charge in [-0.1, -0.05) is 142 Å². The first kappa shape index (κ1) is 36.6. The van der Waals surface area contributed by atoms with Crippen LogP contribution in [-0.4, -0.2) is 20.5 Å². The SMILES string of the molecule is CCCCCCCCCCCCCCCCOS(=O)(=O)C(F)CCCCCCCCCC.[H-].[K+]. The summed E-state index contributed by atoms with van der Waals surface area (Å²) in [6.45, 7) is 4.58. The third-order valence-electron chi connectivity index (χ3n) is 6.34. The van der Waals surface area contributed by atoms with E-state index in [4.69, 9.17) is 4.18 Å². The molecule has 0 saturated carbocycles. The Morgan fingerprint density at radius 1 is 0.576 bits per heavy atom. The molecule has 0 aromatic rings. The summed E-state index contributed by atoms with van der Waals surface area (Å²) in [7, 11) is -4.05. The monoisotopic (exact) mass is 518 g/mol. The van der Waals surface area contributed by atoms with Gasteiger partial charge in [-0.15, -0.1) is 0 Å². The van der Waals surface area contributed by atoms with Crippen LogP contribution >= 0.6 is 0 Å². The van der Waals surface area contributed by atoms with Crippen LogP contribution in [0, 0.1) is 0 Å². The zero-order valence-corrected chi connectivity index (χ0v) is 26.5. The number of unbranched alkanes of at least 4 members (excludes halogenated alkanes) is 20. The fraction of sp³-hybridized carbons (Fsp3) is 1.00. The van der Waals surface area contributed by atoms with E-state index in [2.05, 4.69) is 13.8 Å². The molecule has 0 rings (SSSR count). The van der Waals surface area contributed by atoms with Crippen molar-refractivity contribution in [2.45, 2.75) is 167 Å². The van der Waals surface area contributed by atoms with Crippen LogP contribution in [0.5, 0.6) is 0 Å². The molecule has 1 atom stereocenters. The summed E-state index contributed by atoms with van der Waals surface area (Å²) in [4.78, 5) is 0. The predicted octanol–water partition coefficient (Wildman–Crippen LogP) is 6.76. The van der Waals surface area contributed by atoms with Gasteiger partial charge in [0.05, 0.1) is 6.61 Å². The minimum Gasteiger partial charge on any atom is -1.00 e. The Morgan fingerprint density at radius 3 is 1.24 bits per heavy atom. The van der Waals surface area contributed by atoms with Gasteiger partial charge < -0.3 is 1.43 Å². The third kappa shape index (κ3) is 26.4. The van der Waals surface area contributed by atoms with Crippen LogP contribution in [0.25, 0.3) is 0 Å². The Morgan fingerprint density at radius 2 is 0.879 bits per heavy atom. The van der Waals surface area contributed by atoms with E-state index in [1.165, 1.54) is 103 Å². The van der Waals surface area contributed by atoms with Crippen LogP contribution in [0.4, 0.5) is 4.39 Å². The van der Waals surface area contributed by atoms with Gasteiger partial charge in [-0.25, -0.2) is 4.39 Å². The number of alkyl halides is 1. The molecule has 0 bridgehead atoms. The van der Waals surface area contributed by atoms with Gasteiger partial charge in [-0.2, -0.15) is 8.42 Å². The first-order chi connectivity index (χ1) is 15.5. The maximum atomic E-state index is 14.0. The zero-order chi connectivity index (χ0) is 23.8. The van der Waals surface area contributed by atoms with Crippen molar-refractivity contribution < 1.29 is 69.8 Å². The summed E-state index contributed by atoms with van der Waals surface area (Å²) >= 11 is 0.